The molecule has 1 aromatic carbocycles. The highest BCUT2D eigenvalue weighted by Gasteiger charge is 2.25. The number of nitrogens with two attached hydrogens (primary N) is 1. The Hall–Kier alpha value is -1.97. The Kier molecular flexibility index (Phi) is 2.70. The van der Waals surface area contributed by atoms with Gasteiger partial charge in [-0.2, -0.15) is 0 Å². The van der Waals surface area contributed by atoms with Crippen LogP contribution in [0.15, 0.2) is 41.5 Å². The molecule has 0 bridgehead atoms. The molecule has 1 heterocycles. The Morgan fingerprint density at radius 3 is 2.56 bits per heavy atom. The predicted octanol–water partition coefficient (Wildman–Crippen LogP) is 1.81. The first kappa shape index (κ1) is 11.1. The first-order chi connectivity index (χ1) is 8.74. The third-order valence-electron chi connectivity index (χ3n) is 3.44. The Bertz CT molecular complexity index is 590. The van der Waals surface area contributed by atoms with E-state index in [1.54, 1.807) is 4.57 Å². The van der Waals surface area contributed by atoms with Crippen LogP contribution in [0.2, 0.25) is 0 Å². The summed E-state index contributed by atoms with van der Waals surface area (Å²) >= 11 is 0. The number of aryl methyl sites for hydroxylation is 2. The largest absolute Gasteiger partial charge is 0.399 e. The lowest BCUT2D eigenvalue weighted by Gasteiger charge is -2.03. The Labute approximate surface area is 106 Å². The molecule has 0 spiro atoms. The summed E-state index contributed by atoms with van der Waals surface area (Å²) in [6.07, 6.45) is 6.93. The van der Waals surface area contributed by atoms with E-state index in [1.807, 2.05) is 41.2 Å². The Balaban J connectivity index is 1.69. The summed E-state index contributed by atoms with van der Waals surface area (Å²) in [7, 11) is 0. The van der Waals surface area contributed by atoms with Gasteiger partial charge in [0.15, 0.2) is 0 Å². The van der Waals surface area contributed by atoms with Gasteiger partial charge in [-0.1, -0.05) is 12.1 Å². The van der Waals surface area contributed by atoms with Crippen molar-refractivity contribution in [2.24, 2.45) is 0 Å². The van der Waals surface area contributed by atoms with Gasteiger partial charge in [0.2, 0.25) is 0 Å². The molecule has 0 saturated heterocycles. The zero-order valence-corrected chi connectivity index (χ0v) is 10.2. The average Bonchev–Trinajstić information content (AvgIpc) is 3.14. The van der Waals surface area contributed by atoms with E-state index in [-0.39, 0.29) is 5.69 Å². The monoisotopic (exact) mass is 243 g/mol. The molecule has 0 unspecified atom stereocenters. The van der Waals surface area contributed by atoms with E-state index in [4.69, 9.17) is 5.73 Å². The van der Waals surface area contributed by atoms with Crippen LogP contribution < -0.4 is 11.4 Å². The molecule has 0 aliphatic heterocycles. The second-order valence-electron chi connectivity index (χ2n) is 4.90. The van der Waals surface area contributed by atoms with Crippen LogP contribution in [-0.2, 0) is 13.0 Å². The molecule has 0 radical (unpaired) electrons. The van der Waals surface area contributed by atoms with E-state index in [2.05, 4.69) is 0 Å². The zero-order chi connectivity index (χ0) is 12.5. The molecule has 0 atom stereocenters. The van der Waals surface area contributed by atoms with Gasteiger partial charge in [-0.05, 0) is 37.0 Å². The highest BCUT2D eigenvalue weighted by Crippen LogP contribution is 2.33. The summed E-state index contributed by atoms with van der Waals surface area (Å²) in [6, 6.07) is 8.27. The minimum atomic E-state index is 0.118. The molecule has 18 heavy (non-hydrogen) atoms. The highest BCUT2D eigenvalue weighted by molar-refractivity contribution is 5.39. The van der Waals surface area contributed by atoms with E-state index in [9.17, 15) is 4.79 Å². The zero-order valence-electron chi connectivity index (χ0n) is 10.2. The predicted molar refractivity (Wildman–Crippen MR) is 71.5 cm³/mol. The van der Waals surface area contributed by atoms with Gasteiger partial charge < -0.3 is 5.73 Å². The van der Waals surface area contributed by atoms with Gasteiger partial charge in [-0.3, -0.25) is 9.13 Å². The fourth-order valence-electron chi connectivity index (χ4n) is 2.16. The molecular weight excluding hydrogens is 226 g/mol. The number of hydrogen-bond donors (Lipinski definition) is 1. The van der Waals surface area contributed by atoms with Crippen molar-refractivity contribution < 1.29 is 0 Å². The normalized spacial score (nSPS) is 14.9. The molecule has 0 amide bonds. The molecule has 4 heteroatoms. The van der Waals surface area contributed by atoms with Crippen LogP contribution in [0.5, 0.6) is 0 Å². The van der Waals surface area contributed by atoms with Gasteiger partial charge in [-0.25, -0.2) is 4.79 Å². The first-order valence-electron chi connectivity index (χ1n) is 6.36. The minimum absolute atomic E-state index is 0.118. The van der Waals surface area contributed by atoms with Crippen LogP contribution in [-0.4, -0.2) is 9.13 Å². The van der Waals surface area contributed by atoms with Crippen molar-refractivity contribution in [2.75, 3.05) is 5.73 Å². The van der Waals surface area contributed by atoms with Gasteiger partial charge >= 0.3 is 5.69 Å². The van der Waals surface area contributed by atoms with Gasteiger partial charge in [-0.15, -0.1) is 0 Å². The fraction of sp³-hybridized carbons (Fsp3) is 0.357. The molecule has 94 valence electrons. The quantitative estimate of drug-likeness (QED) is 0.833. The van der Waals surface area contributed by atoms with Crippen LogP contribution >= 0.6 is 0 Å². The third kappa shape index (κ3) is 2.18. The van der Waals surface area contributed by atoms with Gasteiger partial charge in [0.25, 0.3) is 0 Å². The molecule has 1 aromatic heterocycles. The van der Waals surface area contributed by atoms with Gasteiger partial charge in [0, 0.05) is 30.7 Å². The molecule has 2 N–H and O–H groups in total. The van der Waals surface area contributed by atoms with E-state index < -0.39 is 0 Å². The molecule has 3 rings (SSSR count). The second kappa shape index (κ2) is 4.37. The maximum Gasteiger partial charge on any atom is 0.328 e. The highest BCUT2D eigenvalue weighted by atomic mass is 16.1. The number of hydrogen-bond acceptors (Lipinski definition) is 2. The van der Waals surface area contributed by atoms with Crippen molar-refractivity contribution in [3.8, 4) is 0 Å². The summed E-state index contributed by atoms with van der Waals surface area (Å²) in [6.45, 7) is 0.725. The topological polar surface area (TPSA) is 52.9 Å². The summed E-state index contributed by atoms with van der Waals surface area (Å²) in [4.78, 5) is 12.0. The Morgan fingerprint density at radius 1 is 1.17 bits per heavy atom. The molecule has 1 fully saturated rings. The smallest absolute Gasteiger partial charge is 0.328 e. The van der Waals surface area contributed by atoms with Crippen LogP contribution in [0.3, 0.4) is 0 Å². The number of nitrogen functional groups attached to an aromatic ring is 1. The van der Waals surface area contributed by atoms with Crippen LogP contribution in [0.4, 0.5) is 5.69 Å². The van der Waals surface area contributed by atoms with Crippen LogP contribution in [0, 0.1) is 0 Å². The van der Waals surface area contributed by atoms with E-state index in [0.29, 0.717) is 6.04 Å². The second-order valence-corrected chi connectivity index (χ2v) is 4.90. The number of aromatic nitrogens is 2. The lowest BCUT2D eigenvalue weighted by Crippen LogP contribution is -2.24. The van der Waals surface area contributed by atoms with Gasteiger partial charge in [0.1, 0.15) is 0 Å². The lowest BCUT2D eigenvalue weighted by molar-refractivity contribution is 0.619. The van der Waals surface area contributed by atoms with Crippen molar-refractivity contribution in [3.05, 3.63) is 52.7 Å². The van der Waals surface area contributed by atoms with Crippen molar-refractivity contribution in [1.29, 1.82) is 0 Å². The molecule has 1 saturated carbocycles. The van der Waals surface area contributed by atoms with Crippen molar-refractivity contribution >= 4 is 5.69 Å². The van der Waals surface area contributed by atoms with Crippen LogP contribution in [0.1, 0.15) is 24.4 Å². The van der Waals surface area contributed by atoms with E-state index >= 15 is 0 Å². The number of nitrogens with zero attached hydrogens (tertiary/aromatic N) is 2. The third-order valence-corrected chi connectivity index (χ3v) is 3.44. The maximum atomic E-state index is 12.0. The summed E-state index contributed by atoms with van der Waals surface area (Å²) in [5, 5.41) is 0. The lowest BCUT2D eigenvalue weighted by atomic mass is 10.1. The minimum Gasteiger partial charge on any atom is -0.399 e. The summed E-state index contributed by atoms with van der Waals surface area (Å²) in [5.41, 5.74) is 7.74. The maximum absolute atomic E-state index is 12.0. The molecule has 2 aromatic rings. The summed E-state index contributed by atoms with van der Waals surface area (Å²) < 4.78 is 3.64. The van der Waals surface area contributed by atoms with Gasteiger partial charge in [0.05, 0.1) is 0 Å². The fourth-order valence-corrected chi connectivity index (χ4v) is 2.16. The number of rotatable bonds is 4. The Morgan fingerprint density at radius 2 is 1.89 bits per heavy atom. The van der Waals surface area contributed by atoms with Crippen molar-refractivity contribution in [2.45, 2.75) is 31.8 Å². The SMILES string of the molecule is Nc1ccc(CCn2ccn(C3CC3)c2=O)cc1. The number of anilines is 1. The van der Waals surface area contributed by atoms with E-state index in [0.717, 1.165) is 31.5 Å². The molecular formula is C14H17N3O. The van der Waals surface area contributed by atoms with E-state index in [1.165, 1.54) is 5.56 Å². The standard InChI is InChI=1S/C14H17N3O/c15-12-3-1-11(2-4-12)7-8-16-9-10-17(14(16)18)13-5-6-13/h1-4,9-10,13H,5-8,15H2. The molecule has 1 aliphatic rings. The molecule has 4 nitrogen and oxygen atoms in total. The van der Waals surface area contributed by atoms with Crippen LogP contribution in [0.25, 0.3) is 0 Å². The first-order valence-corrected chi connectivity index (χ1v) is 6.36. The molecule has 1 aliphatic carbocycles. The van der Waals surface area contributed by atoms with Crippen molar-refractivity contribution in [1.82, 2.24) is 9.13 Å². The van der Waals surface area contributed by atoms with Crippen molar-refractivity contribution in [3.63, 3.8) is 0 Å². The average molecular weight is 243 g/mol. The number of benzene rings is 1. The summed E-state index contributed by atoms with van der Waals surface area (Å²) in [5.74, 6) is 0. The number of imidazole rings is 1.